The Kier molecular flexibility index (Phi) is 7.25. The Morgan fingerprint density at radius 1 is 1.03 bits per heavy atom. The van der Waals surface area contributed by atoms with Crippen molar-refractivity contribution < 1.29 is 13.2 Å². The van der Waals surface area contributed by atoms with Crippen molar-refractivity contribution in [2.45, 2.75) is 24.8 Å². The van der Waals surface area contributed by atoms with Crippen LogP contribution in [-0.4, -0.2) is 54.1 Å². The van der Waals surface area contributed by atoms with Gasteiger partial charge in [0.05, 0.1) is 16.8 Å². The summed E-state index contributed by atoms with van der Waals surface area (Å²) in [7, 11) is -1.74. The molecule has 3 heterocycles. The first-order chi connectivity index (χ1) is 17.2. The summed E-state index contributed by atoms with van der Waals surface area (Å²) >= 11 is 0. The normalized spacial score (nSPS) is 13.2. The van der Waals surface area contributed by atoms with Crippen LogP contribution in [0.3, 0.4) is 0 Å². The fraction of sp³-hybridized carbons (Fsp3) is 0.269. The van der Waals surface area contributed by atoms with Crippen molar-refractivity contribution in [2.75, 3.05) is 25.2 Å². The number of amides is 1. The van der Waals surface area contributed by atoms with E-state index in [4.69, 9.17) is 0 Å². The van der Waals surface area contributed by atoms with Gasteiger partial charge in [0.25, 0.3) is 5.91 Å². The minimum Gasteiger partial charge on any atom is -0.370 e. The van der Waals surface area contributed by atoms with E-state index in [1.165, 1.54) is 18.6 Å². The Morgan fingerprint density at radius 3 is 2.53 bits per heavy atom. The van der Waals surface area contributed by atoms with Crippen molar-refractivity contribution in [1.82, 2.24) is 25.3 Å². The van der Waals surface area contributed by atoms with Crippen molar-refractivity contribution in [3.8, 4) is 11.3 Å². The summed E-state index contributed by atoms with van der Waals surface area (Å²) in [5.41, 5.74) is 3.85. The molecule has 36 heavy (non-hydrogen) atoms. The quantitative estimate of drug-likeness (QED) is 0.372. The van der Waals surface area contributed by atoms with Gasteiger partial charge in [0, 0.05) is 49.3 Å². The van der Waals surface area contributed by atoms with Crippen LogP contribution in [0.5, 0.6) is 0 Å². The van der Waals surface area contributed by atoms with Gasteiger partial charge in [-0.2, -0.15) is 0 Å². The lowest BCUT2D eigenvalue weighted by atomic mass is 9.87. The van der Waals surface area contributed by atoms with E-state index in [-0.39, 0.29) is 22.8 Å². The third-order valence-corrected chi connectivity index (χ3v) is 7.30. The molecule has 0 aliphatic rings. The van der Waals surface area contributed by atoms with Crippen molar-refractivity contribution in [3.05, 3.63) is 72.3 Å². The Labute approximate surface area is 210 Å². The maximum Gasteiger partial charge on any atom is 0.251 e. The fourth-order valence-corrected chi connectivity index (χ4v) is 4.57. The topological polar surface area (TPSA) is 127 Å². The molecule has 2 atom stereocenters. The van der Waals surface area contributed by atoms with Crippen LogP contribution in [0.25, 0.3) is 22.2 Å². The molecule has 0 radical (unpaired) electrons. The van der Waals surface area contributed by atoms with Crippen LogP contribution in [0, 0.1) is 5.92 Å². The summed E-state index contributed by atoms with van der Waals surface area (Å²) in [6.07, 6.45) is 5.75. The van der Waals surface area contributed by atoms with E-state index in [0.717, 1.165) is 22.7 Å². The second-order valence-electron chi connectivity index (χ2n) is 8.77. The van der Waals surface area contributed by atoms with E-state index >= 15 is 0 Å². The maximum absolute atomic E-state index is 12.3. The standard InChI is InChI=1S/C26H28N6O3S/c1-16(17(2)19-6-5-7-20-21(26(33)27-3)10-11-28-25(19)20)13-29-23-12-22(31-15-32-23)18-8-9-24(30-14-18)36(4,34)35/h5-12,14-17H,13H2,1-4H3,(H,27,33)(H,29,31,32)/t16-,17?/m1/s1. The number of carbonyl (C=O) groups is 1. The van der Waals surface area contributed by atoms with Crippen LogP contribution in [0.4, 0.5) is 5.82 Å². The number of rotatable bonds is 8. The van der Waals surface area contributed by atoms with Crippen molar-refractivity contribution in [3.63, 3.8) is 0 Å². The summed E-state index contributed by atoms with van der Waals surface area (Å²) in [6.45, 7) is 4.94. The van der Waals surface area contributed by atoms with Gasteiger partial charge in [0.15, 0.2) is 14.9 Å². The molecule has 0 saturated carbocycles. The van der Waals surface area contributed by atoms with Crippen LogP contribution >= 0.6 is 0 Å². The highest BCUT2D eigenvalue weighted by molar-refractivity contribution is 7.90. The molecule has 0 bridgehead atoms. The fourth-order valence-electron chi connectivity index (χ4n) is 4.01. The maximum atomic E-state index is 12.3. The number of sulfone groups is 1. The first-order valence-corrected chi connectivity index (χ1v) is 13.4. The third kappa shape index (κ3) is 5.33. The highest BCUT2D eigenvalue weighted by Gasteiger charge is 2.20. The first-order valence-electron chi connectivity index (χ1n) is 11.5. The van der Waals surface area contributed by atoms with Crippen LogP contribution in [0.2, 0.25) is 0 Å². The van der Waals surface area contributed by atoms with Gasteiger partial charge in [-0.05, 0) is 35.6 Å². The highest BCUT2D eigenvalue weighted by atomic mass is 32.2. The average Bonchev–Trinajstić information content (AvgIpc) is 2.90. The number of anilines is 1. The zero-order valence-electron chi connectivity index (χ0n) is 20.6. The lowest BCUT2D eigenvalue weighted by Gasteiger charge is -2.22. The molecular formula is C26H28N6O3S. The molecule has 0 aliphatic carbocycles. The average molecular weight is 505 g/mol. The molecule has 4 rings (SSSR count). The van der Waals surface area contributed by atoms with Crippen LogP contribution in [-0.2, 0) is 9.84 Å². The van der Waals surface area contributed by atoms with Gasteiger partial charge >= 0.3 is 0 Å². The van der Waals surface area contributed by atoms with Gasteiger partial charge in [-0.15, -0.1) is 0 Å². The second kappa shape index (κ2) is 10.4. The number of hydrogen-bond acceptors (Lipinski definition) is 8. The largest absolute Gasteiger partial charge is 0.370 e. The number of fused-ring (bicyclic) bond motifs is 1. The Balaban J connectivity index is 1.50. The van der Waals surface area contributed by atoms with Crippen molar-refractivity contribution in [2.24, 2.45) is 5.92 Å². The van der Waals surface area contributed by atoms with Gasteiger partial charge in [-0.25, -0.2) is 23.4 Å². The second-order valence-corrected chi connectivity index (χ2v) is 10.7. The van der Waals surface area contributed by atoms with Gasteiger partial charge in [0.2, 0.25) is 0 Å². The van der Waals surface area contributed by atoms with Gasteiger partial charge in [-0.1, -0.05) is 32.0 Å². The van der Waals surface area contributed by atoms with Crippen molar-refractivity contribution in [1.29, 1.82) is 0 Å². The van der Waals surface area contributed by atoms with Crippen LogP contribution < -0.4 is 10.6 Å². The summed E-state index contributed by atoms with van der Waals surface area (Å²) in [4.78, 5) is 29.5. The Morgan fingerprint density at radius 2 is 1.83 bits per heavy atom. The van der Waals surface area contributed by atoms with E-state index in [0.29, 0.717) is 29.2 Å². The lowest BCUT2D eigenvalue weighted by molar-refractivity contribution is 0.0964. The SMILES string of the molecule is CNC(=O)c1ccnc2c(C(C)[C@H](C)CNc3cc(-c4ccc(S(C)(=O)=O)nc4)ncn3)cccc12. The van der Waals surface area contributed by atoms with Crippen LogP contribution in [0.15, 0.2) is 66.2 Å². The van der Waals surface area contributed by atoms with E-state index in [1.807, 2.05) is 18.2 Å². The molecule has 1 aromatic carbocycles. The molecule has 0 fully saturated rings. The van der Waals surface area contributed by atoms with Crippen LogP contribution in [0.1, 0.15) is 35.7 Å². The molecule has 3 aromatic heterocycles. The highest BCUT2D eigenvalue weighted by Crippen LogP contribution is 2.31. The predicted octanol–water partition coefficient (Wildman–Crippen LogP) is 3.70. The molecule has 186 valence electrons. The zero-order chi connectivity index (χ0) is 25.9. The number of para-hydroxylation sites is 1. The summed E-state index contributed by atoms with van der Waals surface area (Å²) in [5, 5.41) is 6.92. The predicted molar refractivity (Wildman–Crippen MR) is 140 cm³/mol. The first kappa shape index (κ1) is 25.2. The Bertz CT molecular complexity index is 1510. The van der Waals surface area contributed by atoms with E-state index in [9.17, 15) is 13.2 Å². The van der Waals surface area contributed by atoms with E-state index < -0.39 is 9.84 Å². The van der Waals surface area contributed by atoms with Gasteiger partial charge in [-0.3, -0.25) is 9.78 Å². The molecule has 0 saturated heterocycles. The molecular weight excluding hydrogens is 476 g/mol. The molecule has 2 N–H and O–H groups in total. The number of nitrogens with zero attached hydrogens (tertiary/aromatic N) is 4. The molecule has 1 unspecified atom stereocenters. The summed E-state index contributed by atoms with van der Waals surface area (Å²) < 4.78 is 23.3. The molecule has 4 aromatic rings. The number of aromatic nitrogens is 4. The third-order valence-electron chi connectivity index (χ3n) is 6.30. The number of hydrogen-bond donors (Lipinski definition) is 2. The smallest absolute Gasteiger partial charge is 0.251 e. The van der Waals surface area contributed by atoms with Crippen molar-refractivity contribution >= 4 is 32.5 Å². The summed E-state index contributed by atoms with van der Waals surface area (Å²) in [6, 6.07) is 12.6. The van der Waals surface area contributed by atoms with E-state index in [2.05, 4.69) is 50.5 Å². The van der Waals surface area contributed by atoms with Gasteiger partial charge in [0.1, 0.15) is 12.1 Å². The number of pyridine rings is 2. The van der Waals surface area contributed by atoms with E-state index in [1.54, 1.807) is 25.4 Å². The monoisotopic (exact) mass is 504 g/mol. The number of carbonyl (C=O) groups excluding carboxylic acids is 1. The summed E-state index contributed by atoms with van der Waals surface area (Å²) in [5.74, 6) is 0.893. The Hall–Kier alpha value is -3.92. The molecule has 9 nitrogen and oxygen atoms in total. The molecule has 0 spiro atoms. The number of nitrogens with one attached hydrogen (secondary N) is 2. The molecule has 1 amide bonds. The zero-order valence-corrected chi connectivity index (χ0v) is 21.4. The molecule has 10 heteroatoms. The lowest BCUT2D eigenvalue weighted by Crippen LogP contribution is -2.19. The minimum atomic E-state index is -3.36. The van der Waals surface area contributed by atoms with Gasteiger partial charge < -0.3 is 10.6 Å². The number of benzene rings is 1. The minimum absolute atomic E-state index is 0.0202. The molecule has 0 aliphatic heterocycles.